The lowest BCUT2D eigenvalue weighted by molar-refractivity contribution is -0.149. The number of carbonyl (C=O) groups is 2. The zero-order chi connectivity index (χ0) is 19.9. The Morgan fingerprint density at radius 3 is 2.15 bits per heavy atom. The molecule has 27 heavy (non-hydrogen) atoms. The fourth-order valence-electron chi connectivity index (χ4n) is 2.09. The lowest BCUT2D eigenvalue weighted by Crippen LogP contribution is -2.23. The Morgan fingerprint density at radius 1 is 0.963 bits per heavy atom. The summed E-state index contributed by atoms with van der Waals surface area (Å²) in [5.41, 5.74) is 0.470. The Balaban J connectivity index is 1.73. The monoisotopic (exact) mass is 381 g/mol. The third-order valence-electron chi connectivity index (χ3n) is 3.55. The van der Waals surface area contributed by atoms with Gasteiger partial charge in [-0.1, -0.05) is 19.1 Å². The Morgan fingerprint density at radius 2 is 1.59 bits per heavy atom. The Bertz CT molecular complexity index is 771. The van der Waals surface area contributed by atoms with Crippen molar-refractivity contribution < 1.29 is 32.2 Å². The minimum Gasteiger partial charge on any atom is -0.482 e. The number of alkyl halides is 3. The van der Waals surface area contributed by atoms with E-state index in [1.54, 1.807) is 12.1 Å². The van der Waals surface area contributed by atoms with Crippen LogP contribution in [0.3, 0.4) is 0 Å². The normalized spacial score (nSPS) is 11.0. The van der Waals surface area contributed by atoms with Gasteiger partial charge in [-0.2, -0.15) is 13.2 Å². The van der Waals surface area contributed by atoms with Crippen LogP contribution in [0, 0.1) is 0 Å². The molecule has 2 aromatic rings. The van der Waals surface area contributed by atoms with Gasteiger partial charge in [0.2, 0.25) is 0 Å². The Hall–Kier alpha value is -3.03. The molecule has 0 saturated carbocycles. The summed E-state index contributed by atoms with van der Waals surface area (Å²) in [7, 11) is 0. The van der Waals surface area contributed by atoms with E-state index in [1.807, 2.05) is 19.1 Å². The molecule has 0 bridgehead atoms. The summed E-state index contributed by atoms with van der Waals surface area (Å²) in [6.07, 6.45) is -3.56. The SMILES string of the molecule is CCc1ccc(OCC(=O)OCC(=O)Nc2ccc(C(F)(F)F)cc2)cc1. The predicted octanol–water partition coefficient (Wildman–Crippen LogP) is 3.83. The van der Waals surface area contributed by atoms with Crippen molar-refractivity contribution in [2.45, 2.75) is 19.5 Å². The summed E-state index contributed by atoms with van der Waals surface area (Å²) in [6.45, 7) is 1.08. The van der Waals surface area contributed by atoms with Crippen molar-refractivity contribution in [2.24, 2.45) is 0 Å². The molecule has 0 spiro atoms. The highest BCUT2D eigenvalue weighted by Gasteiger charge is 2.29. The number of anilines is 1. The lowest BCUT2D eigenvalue weighted by Gasteiger charge is -2.10. The first-order chi connectivity index (χ1) is 12.8. The van der Waals surface area contributed by atoms with Gasteiger partial charge in [-0.15, -0.1) is 0 Å². The second-order valence-electron chi connectivity index (χ2n) is 5.57. The number of carbonyl (C=O) groups excluding carboxylic acids is 2. The van der Waals surface area contributed by atoms with E-state index in [0.717, 1.165) is 36.2 Å². The van der Waals surface area contributed by atoms with E-state index >= 15 is 0 Å². The molecule has 5 nitrogen and oxygen atoms in total. The zero-order valence-electron chi connectivity index (χ0n) is 14.5. The van der Waals surface area contributed by atoms with Crippen LogP contribution in [0.25, 0.3) is 0 Å². The molecule has 1 amide bonds. The highest BCUT2D eigenvalue weighted by Crippen LogP contribution is 2.29. The van der Waals surface area contributed by atoms with Crippen LogP contribution < -0.4 is 10.1 Å². The number of hydrogen-bond acceptors (Lipinski definition) is 4. The van der Waals surface area contributed by atoms with Crippen molar-refractivity contribution in [1.29, 1.82) is 0 Å². The maximum absolute atomic E-state index is 12.5. The third kappa shape index (κ3) is 6.65. The number of ether oxygens (including phenoxy) is 2. The molecule has 0 aliphatic carbocycles. The van der Waals surface area contributed by atoms with Crippen LogP contribution in [0.15, 0.2) is 48.5 Å². The maximum atomic E-state index is 12.5. The molecule has 0 aromatic heterocycles. The number of hydrogen-bond donors (Lipinski definition) is 1. The van der Waals surface area contributed by atoms with Gasteiger partial charge in [0.1, 0.15) is 5.75 Å². The van der Waals surface area contributed by atoms with Gasteiger partial charge in [-0.3, -0.25) is 4.79 Å². The molecular formula is C19H18F3NO4. The molecule has 0 saturated heterocycles. The zero-order valence-corrected chi connectivity index (χ0v) is 14.5. The molecule has 2 aromatic carbocycles. The summed E-state index contributed by atoms with van der Waals surface area (Å²) in [5, 5.41) is 2.34. The molecule has 0 unspecified atom stereocenters. The topological polar surface area (TPSA) is 64.6 Å². The average molecular weight is 381 g/mol. The van der Waals surface area contributed by atoms with E-state index in [4.69, 9.17) is 9.47 Å². The summed E-state index contributed by atoms with van der Waals surface area (Å²) in [4.78, 5) is 23.3. The van der Waals surface area contributed by atoms with Gasteiger partial charge in [0.05, 0.1) is 5.56 Å². The lowest BCUT2D eigenvalue weighted by atomic mass is 10.2. The van der Waals surface area contributed by atoms with E-state index in [2.05, 4.69) is 5.32 Å². The van der Waals surface area contributed by atoms with Crippen LogP contribution in [0.5, 0.6) is 5.75 Å². The van der Waals surface area contributed by atoms with Gasteiger partial charge in [-0.25, -0.2) is 4.79 Å². The molecule has 144 valence electrons. The average Bonchev–Trinajstić information content (AvgIpc) is 2.65. The number of benzene rings is 2. The first kappa shape index (κ1) is 20.3. The summed E-state index contributed by atoms with van der Waals surface area (Å²) in [6, 6.07) is 11.1. The number of halogens is 3. The molecule has 2 rings (SSSR count). The van der Waals surface area contributed by atoms with Crippen LogP contribution in [-0.2, 0) is 26.9 Å². The van der Waals surface area contributed by atoms with Crippen molar-refractivity contribution in [3.05, 3.63) is 59.7 Å². The molecule has 8 heteroatoms. The maximum Gasteiger partial charge on any atom is 0.416 e. The van der Waals surface area contributed by atoms with E-state index < -0.39 is 30.2 Å². The van der Waals surface area contributed by atoms with Crippen molar-refractivity contribution >= 4 is 17.6 Å². The van der Waals surface area contributed by atoms with E-state index in [0.29, 0.717) is 5.75 Å². The number of nitrogens with one attached hydrogen (secondary N) is 1. The molecule has 0 heterocycles. The third-order valence-corrected chi connectivity index (χ3v) is 3.55. The van der Waals surface area contributed by atoms with Crippen molar-refractivity contribution in [1.82, 2.24) is 0 Å². The van der Waals surface area contributed by atoms with Gasteiger partial charge in [0, 0.05) is 5.69 Å². The number of amides is 1. The standard InChI is InChI=1S/C19H18F3NO4/c1-2-13-3-9-16(10-4-13)26-12-18(25)27-11-17(24)23-15-7-5-14(6-8-15)19(20,21)22/h3-10H,2,11-12H2,1H3,(H,23,24). The second-order valence-corrected chi connectivity index (χ2v) is 5.57. The van der Waals surface area contributed by atoms with Gasteiger partial charge in [-0.05, 0) is 48.4 Å². The number of esters is 1. The van der Waals surface area contributed by atoms with Gasteiger partial charge in [0.25, 0.3) is 5.91 Å². The van der Waals surface area contributed by atoms with Crippen LogP contribution >= 0.6 is 0 Å². The number of aryl methyl sites for hydroxylation is 1. The van der Waals surface area contributed by atoms with Crippen molar-refractivity contribution in [3.63, 3.8) is 0 Å². The fourth-order valence-corrected chi connectivity index (χ4v) is 2.09. The molecular weight excluding hydrogens is 363 g/mol. The minimum absolute atomic E-state index is 0.163. The number of rotatable bonds is 7. The molecule has 0 aliphatic rings. The highest BCUT2D eigenvalue weighted by atomic mass is 19.4. The van der Waals surface area contributed by atoms with Gasteiger partial charge in [0.15, 0.2) is 13.2 Å². The van der Waals surface area contributed by atoms with Crippen LogP contribution in [0.4, 0.5) is 18.9 Å². The predicted molar refractivity (Wildman–Crippen MR) is 92.3 cm³/mol. The van der Waals surface area contributed by atoms with E-state index in [-0.39, 0.29) is 12.3 Å². The van der Waals surface area contributed by atoms with Crippen molar-refractivity contribution in [3.8, 4) is 5.75 Å². The smallest absolute Gasteiger partial charge is 0.416 e. The molecule has 0 atom stereocenters. The van der Waals surface area contributed by atoms with Crippen LogP contribution in [-0.4, -0.2) is 25.1 Å². The first-order valence-corrected chi connectivity index (χ1v) is 8.12. The molecule has 0 aliphatic heterocycles. The largest absolute Gasteiger partial charge is 0.482 e. The van der Waals surface area contributed by atoms with Crippen LogP contribution in [0.2, 0.25) is 0 Å². The Kier molecular flexibility index (Phi) is 6.81. The van der Waals surface area contributed by atoms with E-state index in [9.17, 15) is 22.8 Å². The van der Waals surface area contributed by atoms with Gasteiger partial charge < -0.3 is 14.8 Å². The van der Waals surface area contributed by atoms with E-state index in [1.165, 1.54) is 0 Å². The first-order valence-electron chi connectivity index (χ1n) is 8.12. The fraction of sp³-hybridized carbons (Fsp3) is 0.263. The second kappa shape index (κ2) is 9.07. The summed E-state index contributed by atoms with van der Waals surface area (Å²) < 4.78 is 47.4. The molecule has 0 radical (unpaired) electrons. The highest BCUT2D eigenvalue weighted by molar-refractivity contribution is 5.92. The van der Waals surface area contributed by atoms with Crippen LogP contribution in [0.1, 0.15) is 18.1 Å². The van der Waals surface area contributed by atoms with Gasteiger partial charge >= 0.3 is 12.1 Å². The summed E-state index contributed by atoms with van der Waals surface area (Å²) >= 11 is 0. The minimum atomic E-state index is -4.45. The Labute approximate surface area is 154 Å². The summed E-state index contributed by atoms with van der Waals surface area (Å²) in [5.74, 6) is -0.911. The molecule has 1 N–H and O–H groups in total. The quantitative estimate of drug-likeness (QED) is 0.741. The molecule has 0 fully saturated rings. The van der Waals surface area contributed by atoms with Crippen molar-refractivity contribution in [2.75, 3.05) is 18.5 Å².